The first-order chi connectivity index (χ1) is 7.23. The zero-order valence-electron chi connectivity index (χ0n) is 8.44. The van der Waals surface area contributed by atoms with Gasteiger partial charge in [-0.1, -0.05) is 6.07 Å². The van der Waals surface area contributed by atoms with E-state index in [1.54, 1.807) is 11.3 Å². The van der Waals surface area contributed by atoms with E-state index in [9.17, 15) is 4.79 Å². The van der Waals surface area contributed by atoms with Crippen molar-refractivity contribution in [3.05, 3.63) is 22.4 Å². The minimum atomic E-state index is -0.717. The van der Waals surface area contributed by atoms with Gasteiger partial charge in [0.1, 0.15) is 0 Å². The van der Waals surface area contributed by atoms with E-state index in [4.69, 9.17) is 9.84 Å². The Hall–Kier alpha value is -0.870. The topological polar surface area (TPSA) is 46.5 Å². The van der Waals surface area contributed by atoms with Gasteiger partial charge in [-0.15, -0.1) is 11.3 Å². The van der Waals surface area contributed by atoms with Crippen molar-refractivity contribution in [2.45, 2.75) is 24.7 Å². The average molecular weight is 226 g/mol. The molecule has 1 aliphatic rings. The lowest BCUT2D eigenvalue weighted by atomic mass is 9.76. The molecule has 1 fully saturated rings. The fourth-order valence-corrected chi connectivity index (χ4v) is 3.13. The number of ether oxygens (including phenoxy) is 1. The van der Waals surface area contributed by atoms with Gasteiger partial charge in [0.05, 0.1) is 6.42 Å². The second-order valence-electron chi connectivity index (χ2n) is 3.94. The Morgan fingerprint density at radius 2 is 2.27 bits per heavy atom. The van der Waals surface area contributed by atoms with Gasteiger partial charge in [-0.05, 0) is 24.3 Å². The summed E-state index contributed by atoms with van der Waals surface area (Å²) in [6.45, 7) is 1.34. The molecular formula is C11H14O3S. The second-order valence-corrected chi connectivity index (χ2v) is 4.89. The molecule has 0 aliphatic carbocycles. The summed E-state index contributed by atoms with van der Waals surface area (Å²) in [5.41, 5.74) is -0.182. The van der Waals surface area contributed by atoms with Crippen molar-refractivity contribution >= 4 is 17.3 Å². The summed E-state index contributed by atoms with van der Waals surface area (Å²) in [5.74, 6) is -0.717. The van der Waals surface area contributed by atoms with Crippen LogP contribution in [0.3, 0.4) is 0 Å². The largest absolute Gasteiger partial charge is 0.481 e. The van der Waals surface area contributed by atoms with Crippen molar-refractivity contribution in [1.82, 2.24) is 0 Å². The minimum Gasteiger partial charge on any atom is -0.481 e. The van der Waals surface area contributed by atoms with Crippen LogP contribution in [0.5, 0.6) is 0 Å². The molecule has 0 amide bonds. The highest BCUT2D eigenvalue weighted by Crippen LogP contribution is 2.40. The van der Waals surface area contributed by atoms with E-state index in [1.807, 2.05) is 17.5 Å². The first-order valence-corrected chi connectivity index (χ1v) is 5.94. The number of rotatable bonds is 3. The molecule has 1 aromatic heterocycles. The van der Waals surface area contributed by atoms with E-state index < -0.39 is 5.97 Å². The van der Waals surface area contributed by atoms with Crippen LogP contribution in [0.4, 0.5) is 0 Å². The number of carboxylic acid groups (broad SMARTS) is 1. The van der Waals surface area contributed by atoms with E-state index in [2.05, 4.69) is 0 Å². The highest BCUT2D eigenvalue weighted by Gasteiger charge is 2.37. The maximum absolute atomic E-state index is 10.9. The predicted octanol–water partition coefficient (Wildman–Crippen LogP) is 2.27. The molecule has 1 aliphatic heterocycles. The highest BCUT2D eigenvalue weighted by molar-refractivity contribution is 7.10. The summed E-state index contributed by atoms with van der Waals surface area (Å²) in [6, 6.07) is 4.03. The normalized spacial score (nSPS) is 20.0. The molecule has 0 spiro atoms. The van der Waals surface area contributed by atoms with Crippen LogP contribution in [0.25, 0.3) is 0 Å². The fraction of sp³-hybridized carbons (Fsp3) is 0.545. The van der Waals surface area contributed by atoms with Crippen LogP contribution in [0.15, 0.2) is 17.5 Å². The molecule has 82 valence electrons. The third-order valence-corrected chi connectivity index (χ3v) is 4.10. The van der Waals surface area contributed by atoms with Crippen molar-refractivity contribution in [3.63, 3.8) is 0 Å². The first kappa shape index (κ1) is 10.6. The molecule has 0 bridgehead atoms. The van der Waals surface area contributed by atoms with Crippen LogP contribution >= 0.6 is 11.3 Å². The Morgan fingerprint density at radius 1 is 1.53 bits per heavy atom. The van der Waals surface area contributed by atoms with Crippen LogP contribution in [0, 0.1) is 0 Å². The van der Waals surface area contributed by atoms with Crippen molar-refractivity contribution in [3.8, 4) is 0 Å². The monoisotopic (exact) mass is 226 g/mol. The molecule has 0 radical (unpaired) electrons. The number of aliphatic carboxylic acids is 1. The molecule has 0 unspecified atom stereocenters. The summed E-state index contributed by atoms with van der Waals surface area (Å²) in [7, 11) is 0. The SMILES string of the molecule is O=C(O)CC1(c2cccs2)CCOCC1. The van der Waals surface area contributed by atoms with Crippen molar-refractivity contribution in [2.75, 3.05) is 13.2 Å². The molecule has 1 N–H and O–H groups in total. The Bertz CT molecular complexity index is 326. The van der Waals surface area contributed by atoms with E-state index in [0.29, 0.717) is 13.2 Å². The molecule has 4 heteroatoms. The van der Waals surface area contributed by atoms with Gasteiger partial charge >= 0.3 is 5.97 Å². The molecule has 0 atom stereocenters. The van der Waals surface area contributed by atoms with Crippen LogP contribution in [0.1, 0.15) is 24.1 Å². The molecule has 2 heterocycles. The van der Waals surface area contributed by atoms with E-state index in [0.717, 1.165) is 12.8 Å². The third kappa shape index (κ3) is 2.21. The smallest absolute Gasteiger partial charge is 0.304 e. The summed E-state index contributed by atoms with van der Waals surface area (Å²) >= 11 is 1.65. The number of hydrogen-bond donors (Lipinski definition) is 1. The van der Waals surface area contributed by atoms with Crippen LogP contribution < -0.4 is 0 Å². The van der Waals surface area contributed by atoms with E-state index >= 15 is 0 Å². The zero-order valence-corrected chi connectivity index (χ0v) is 9.26. The third-order valence-electron chi connectivity index (χ3n) is 2.98. The summed E-state index contributed by atoms with van der Waals surface area (Å²) in [5, 5.41) is 11.0. The second kappa shape index (κ2) is 4.33. The zero-order chi connectivity index (χ0) is 10.7. The van der Waals surface area contributed by atoms with Crippen molar-refractivity contribution in [1.29, 1.82) is 0 Å². The molecule has 0 saturated carbocycles. The van der Waals surface area contributed by atoms with Gasteiger partial charge in [-0.2, -0.15) is 0 Å². The predicted molar refractivity (Wildman–Crippen MR) is 58.3 cm³/mol. The molecule has 1 saturated heterocycles. The minimum absolute atomic E-state index is 0.182. The van der Waals surface area contributed by atoms with Gasteiger partial charge in [0.2, 0.25) is 0 Å². The highest BCUT2D eigenvalue weighted by atomic mass is 32.1. The lowest BCUT2D eigenvalue weighted by Crippen LogP contribution is -2.35. The average Bonchev–Trinajstić information content (AvgIpc) is 2.71. The van der Waals surface area contributed by atoms with E-state index in [-0.39, 0.29) is 11.8 Å². The standard InChI is InChI=1S/C11H14O3S/c12-10(13)8-11(3-5-14-6-4-11)9-2-1-7-15-9/h1-2,7H,3-6,8H2,(H,12,13). The van der Waals surface area contributed by atoms with Gasteiger partial charge in [-0.3, -0.25) is 4.79 Å². The van der Waals surface area contributed by atoms with Gasteiger partial charge in [0.25, 0.3) is 0 Å². The fourth-order valence-electron chi connectivity index (χ4n) is 2.14. The lowest BCUT2D eigenvalue weighted by molar-refractivity contribution is -0.139. The Morgan fingerprint density at radius 3 is 2.80 bits per heavy atom. The maximum Gasteiger partial charge on any atom is 0.304 e. The van der Waals surface area contributed by atoms with E-state index in [1.165, 1.54) is 4.88 Å². The number of hydrogen-bond acceptors (Lipinski definition) is 3. The number of carboxylic acids is 1. The lowest BCUT2D eigenvalue weighted by Gasteiger charge is -2.35. The van der Waals surface area contributed by atoms with Crippen LogP contribution in [-0.4, -0.2) is 24.3 Å². The van der Waals surface area contributed by atoms with Gasteiger partial charge in [0, 0.05) is 23.5 Å². The summed E-state index contributed by atoms with van der Waals surface area (Å²) in [4.78, 5) is 12.1. The van der Waals surface area contributed by atoms with Gasteiger partial charge in [0.15, 0.2) is 0 Å². The molecule has 1 aromatic rings. The summed E-state index contributed by atoms with van der Waals surface area (Å²) < 4.78 is 5.32. The Labute approximate surface area is 92.7 Å². The molecule has 15 heavy (non-hydrogen) atoms. The first-order valence-electron chi connectivity index (χ1n) is 5.06. The summed E-state index contributed by atoms with van der Waals surface area (Å²) in [6.07, 6.45) is 1.86. The Balaban J connectivity index is 2.25. The molecule has 2 rings (SSSR count). The quantitative estimate of drug-likeness (QED) is 0.860. The molecule has 3 nitrogen and oxygen atoms in total. The van der Waals surface area contributed by atoms with Gasteiger partial charge in [-0.25, -0.2) is 0 Å². The molecule has 0 aromatic carbocycles. The maximum atomic E-state index is 10.9. The van der Waals surface area contributed by atoms with Gasteiger partial charge < -0.3 is 9.84 Å². The van der Waals surface area contributed by atoms with Crippen LogP contribution in [0.2, 0.25) is 0 Å². The number of thiophene rings is 1. The van der Waals surface area contributed by atoms with Crippen LogP contribution in [-0.2, 0) is 14.9 Å². The van der Waals surface area contributed by atoms with Crippen molar-refractivity contribution in [2.24, 2.45) is 0 Å². The molecular weight excluding hydrogens is 212 g/mol. The Kier molecular flexibility index (Phi) is 3.07. The van der Waals surface area contributed by atoms with Crippen molar-refractivity contribution < 1.29 is 14.6 Å². The number of carbonyl (C=O) groups is 1.